The normalized spacial score (nSPS) is 17.1. The second-order valence-electron chi connectivity index (χ2n) is 11.1. The first kappa shape index (κ1) is 31.4. The van der Waals surface area contributed by atoms with Crippen LogP contribution in [-0.4, -0.2) is 55.5 Å². The van der Waals surface area contributed by atoms with Gasteiger partial charge >= 0.3 is 5.69 Å². The Morgan fingerprint density at radius 2 is 1.86 bits per heavy atom. The maximum absolute atomic E-state index is 14.1. The van der Waals surface area contributed by atoms with Gasteiger partial charge in [-0.1, -0.05) is 39.5 Å². The maximum atomic E-state index is 14.1. The monoisotopic (exact) mass is 606 g/mol. The number of pyridine rings is 2. The number of fused-ring (bicyclic) bond motifs is 1. The third kappa shape index (κ3) is 5.36. The first-order valence-electron chi connectivity index (χ1n) is 13.8. The van der Waals surface area contributed by atoms with Crippen LogP contribution in [0.5, 0.6) is 0 Å². The summed E-state index contributed by atoms with van der Waals surface area (Å²) in [5.41, 5.74) is 4.00. The van der Waals surface area contributed by atoms with E-state index in [1.54, 1.807) is 27.0 Å². The summed E-state index contributed by atoms with van der Waals surface area (Å²) in [6.45, 7) is 18.8. The predicted octanol–water partition coefficient (Wildman–Crippen LogP) is 6.85. The highest BCUT2D eigenvalue weighted by Crippen LogP contribution is 2.38. The summed E-state index contributed by atoms with van der Waals surface area (Å²) >= 11 is 8.65. The third-order valence-corrected chi connectivity index (χ3v) is 8.99. The van der Waals surface area contributed by atoms with E-state index in [1.165, 1.54) is 6.08 Å². The summed E-state index contributed by atoms with van der Waals surface area (Å²) in [6.07, 6.45) is 3.11. The number of hydrogen-bond donors (Lipinski definition) is 0. The molecule has 1 fully saturated rings. The maximum Gasteiger partial charge on any atom is 0.355 e. The lowest BCUT2D eigenvalue weighted by Crippen LogP contribution is -2.58. The third-order valence-electron chi connectivity index (χ3n) is 7.74. The number of hydrogen-bond acceptors (Lipinski definition) is 7. The van der Waals surface area contributed by atoms with Gasteiger partial charge in [-0.05, 0) is 70.4 Å². The van der Waals surface area contributed by atoms with Gasteiger partial charge in [0.15, 0.2) is 5.65 Å². The first-order valence-corrected chi connectivity index (χ1v) is 15.0. The molecule has 1 aliphatic rings. The van der Waals surface area contributed by atoms with E-state index >= 15 is 0 Å². The summed E-state index contributed by atoms with van der Waals surface area (Å²) < 4.78 is 1.59. The molecule has 0 saturated carbocycles. The summed E-state index contributed by atoms with van der Waals surface area (Å²) in [6, 6.07) is 5.65. The van der Waals surface area contributed by atoms with E-state index in [-0.39, 0.29) is 31.3 Å². The van der Waals surface area contributed by atoms with Crippen molar-refractivity contribution in [1.29, 1.82) is 0 Å². The van der Waals surface area contributed by atoms with Crippen molar-refractivity contribution in [3.63, 3.8) is 0 Å². The lowest BCUT2D eigenvalue weighted by Gasteiger charge is -2.44. The number of carbonyl (C=O) groups is 1. The van der Waals surface area contributed by atoms with Crippen molar-refractivity contribution in [2.75, 3.05) is 18.0 Å². The molecule has 0 N–H and O–H groups in total. The number of carbonyl (C=O) groups excluding carboxylic acids is 1. The molecule has 0 spiro atoms. The van der Waals surface area contributed by atoms with E-state index in [2.05, 4.69) is 55.2 Å². The number of aromatic nitrogens is 4. The van der Waals surface area contributed by atoms with Gasteiger partial charge in [0.05, 0.1) is 27.5 Å². The van der Waals surface area contributed by atoms with E-state index < -0.39 is 5.69 Å². The smallest absolute Gasteiger partial charge is 0.349 e. The summed E-state index contributed by atoms with van der Waals surface area (Å²) in [7, 11) is 0. The average Bonchev–Trinajstić information content (AvgIpc) is 3.26. The molecule has 0 aromatic carbocycles. The van der Waals surface area contributed by atoms with E-state index in [1.807, 2.05) is 32.9 Å². The summed E-state index contributed by atoms with van der Waals surface area (Å²) in [4.78, 5) is 47.2. The topological polar surface area (TPSA) is 84.2 Å². The molecule has 8 nitrogen and oxygen atoms in total. The van der Waals surface area contributed by atoms with Crippen molar-refractivity contribution in [3.8, 4) is 16.9 Å². The number of nitrogens with zero attached hydrogens (tertiary/aromatic N) is 6. The molecule has 1 aliphatic heterocycles. The fourth-order valence-corrected chi connectivity index (χ4v) is 6.89. The number of piperazine rings is 1. The van der Waals surface area contributed by atoms with Gasteiger partial charge in [0.25, 0.3) is 0 Å². The summed E-state index contributed by atoms with van der Waals surface area (Å²) in [5, 5.41) is 1.16. The van der Waals surface area contributed by atoms with E-state index in [0.29, 0.717) is 46.3 Å². The largest absolute Gasteiger partial charge is 0.355 e. The van der Waals surface area contributed by atoms with Crippen LogP contribution >= 0.6 is 22.9 Å². The Bertz CT molecular complexity index is 1740. The minimum absolute atomic E-state index is 0. The zero-order valence-corrected chi connectivity index (χ0v) is 26.1. The van der Waals surface area contributed by atoms with Gasteiger partial charge in [0, 0.05) is 46.7 Å². The molecule has 222 valence electrons. The van der Waals surface area contributed by atoms with Crippen molar-refractivity contribution in [2.45, 2.75) is 73.9 Å². The molecular formula is C32H39ClN6O2S. The fourth-order valence-electron chi connectivity index (χ4n) is 5.71. The van der Waals surface area contributed by atoms with Crippen LogP contribution in [0.3, 0.4) is 0 Å². The molecule has 4 aromatic heterocycles. The SMILES string of the molecule is C.C=CC(=O)N1C[C@H](C)N(c2nc(=O)n(-c3c(C)ccnc3C(C)C)c3nc(-c4cc(C)sc4C)c(Cl)cc23)C[C@H]1C. The van der Waals surface area contributed by atoms with Gasteiger partial charge in [-0.15, -0.1) is 11.3 Å². The van der Waals surface area contributed by atoms with Crippen LogP contribution in [-0.2, 0) is 4.79 Å². The highest BCUT2D eigenvalue weighted by molar-refractivity contribution is 7.12. The lowest BCUT2D eigenvalue weighted by atomic mass is 10.0. The van der Waals surface area contributed by atoms with Crippen LogP contribution in [0.25, 0.3) is 28.0 Å². The number of thiophene rings is 1. The van der Waals surface area contributed by atoms with Gasteiger partial charge in [-0.25, -0.2) is 14.3 Å². The molecule has 4 aromatic rings. The second kappa shape index (κ2) is 12.0. The van der Waals surface area contributed by atoms with E-state index in [4.69, 9.17) is 16.6 Å². The van der Waals surface area contributed by atoms with Gasteiger partial charge < -0.3 is 9.80 Å². The van der Waals surface area contributed by atoms with Gasteiger partial charge in [-0.2, -0.15) is 4.98 Å². The Balaban J connectivity index is 0.00000405. The Hall–Kier alpha value is -3.56. The van der Waals surface area contributed by atoms with Crippen LogP contribution in [0.15, 0.2) is 41.8 Å². The molecule has 5 rings (SSSR count). The molecule has 0 bridgehead atoms. The number of anilines is 1. The molecule has 0 aliphatic carbocycles. The highest BCUT2D eigenvalue weighted by atomic mass is 35.5. The zero-order valence-electron chi connectivity index (χ0n) is 24.5. The Morgan fingerprint density at radius 1 is 1.14 bits per heavy atom. The molecular weight excluding hydrogens is 568 g/mol. The molecule has 10 heteroatoms. The van der Waals surface area contributed by atoms with Crippen LogP contribution in [0.2, 0.25) is 5.02 Å². The minimum Gasteiger partial charge on any atom is -0.349 e. The van der Waals surface area contributed by atoms with Crippen LogP contribution < -0.4 is 10.6 Å². The summed E-state index contributed by atoms with van der Waals surface area (Å²) in [5.74, 6) is 0.468. The van der Waals surface area contributed by atoms with Gasteiger partial charge in [-0.3, -0.25) is 9.78 Å². The van der Waals surface area contributed by atoms with Gasteiger partial charge in [0.1, 0.15) is 5.82 Å². The van der Waals surface area contributed by atoms with Crippen LogP contribution in [0, 0.1) is 20.8 Å². The lowest BCUT2D eigenvalue weighted by molar-refractivity contribution is -0.128. The number of amides is 1. The van der Waals surface area contributed by atoms with E-state index in [0.717, 1.165) is 26.6 Å². The first-order chi connectivity index (χ1) is 19.4. The van der Waals surface area contributed by atoms with Crippen molar-refractivity contribution >= 4 is 45.7 Å². The zero-order chi connectivity index (χ0) is 29.7. The Kier molecular flexibility index (Phi) is 8.94. The van der Waals surface area contributed by atoms with Crippen LogP contribution in [0.1, 0.15) is 62.1 Å². The van der Waals surface area contributed by atoms with Gasteiger partial charge in [0.2, 0.25) is 5.91 Å². The highest BCUT2D eigenvalue weighted by Gasteiger charge is 2.34. The number of rotatable bonds is 5. The predicted molar refractivity (Wildman–Crippen MR) is 174 cm³/mol. The molecule has 1 saturated heterocycles. The standard InChI is InChI=1S/C31H35ClN6O2S.CH4/c1-9-25(39)36-14-19(6)37(15-18(36)5)29-23-13-24(32)27(22-12-20(7)41-21(22)8)34-30(23)38(31(40)35-29)28-17(4)10-11-33-26(28)16(2)3;/h9-13,16,18-19H,1,14-15H2,2-8H3;1H4/t18-,19+;/m1./s1. The molecule has 42 heavy (non-hydrogen) atoms. The molecule has 0 radical (unpaired) electrons. The Morgan fingerprint density at radius 3 is 2.48 bits per heavy atom. The number of aryl methyl sites for hydroxylation is 3. The molecule has 2 atom stereocenters. The quantitative estimate of drug-likeness (QED) is 0.231. The molecule has 5 heterocycles. The van der Waals surface area contributed by atoms with Crippen molar-refractivity contribution in [2.24, 2.45) is 0 Å². The Labute approximate surface area is 256 Å². The fraction of sp³-hybridized carbons (Fsp3) is 0.406. The van der Waals surface area contributed by atoms with E-state index in [9.17, 15) is 9.59 Å². The molecule has 1 amide bonds. The van der Waals surface area contributed by atoms with Crippen LogP contribution in [0.4, 0.5) is 5.82 Å². The van der Waals surface area contributed by atoms with Crippen molar-refractivity contribution in [3.05, 3.63) is 73.6 Å². The average molecular weight is 607 g/mol. The number of halogens is 1. The van der Waals surface area contributed by atoms with Crippen molar-refractivity contribution < 1.29 is 4.79 Å². The minimum atomic E-state index is -0.436. The second-order valence-corrected chi connectivity index (χ2v) is 13.0. The van der Waals surface area contributed by atoms with Crippen molar-refractivity contribution in [1.82, 2.24) is 24.4 Å². The molecule has 0 unspecified atom stereocenters.